The minimum atomic E-state index is -3.65. The number of amides is 1. The highest BCUT2D eigenvalue weighted by molar-refractivity contribution is 7.86. The summed E-state index contributed by atoms with van der Waals surface area (Å²) in [6.07, 6.45) is 12.6. The summed E-state index contributed by atoms with van der Waals surface area (Å²) < 4.78 is 29.5. The van der Waals surface area contributed by atoms with Crippen LogP contribution >= 0.6 is 0 Å². The Labute approximate surface area is 248 Å². The number of unbranched alkanes of at least 4 members (excludes halogenated alkanes) is 9. The number of carbonyl (C=O) groups is 1. The highest BCUT2D eigenvalue weighted by atomic mass is 32.2. The van der Waals surface area contributed by atoms with Crippen LogP contribution in [0.5, 0.6) is 0 Å². The Morgan fingerprint density at radius 1 is 0.854 bits per heavy atom. The number of pyridine rings is 1. The topological polar surface area (TPSA) is 91.8 Å². The molecule has 0 bridgehead atoms. The monoisotopic (exact) mass is 586 g/mol. The first kappa shape index (κ1) is 33.0. The van der Waals surface area contributed by atoms with Crippen LogP contribution in [-0.4, -0.2) is 69.6 Å². The van der Waals surface area contributed by atoms with Crippen LogP contribution in [-0.2, 0) is 14.3 Å². The van der Waals surface area contributed by atoms with Crippen molar-refractivity contribution in [1.82, 2.24) is 15.2 Å². The molecule has 1 aliphatic rings. The first-order chi connectivity index (χ1) is 19.8. The van der Waals surface area contributed by atoms with Crippen LogP contribution in [0.1, 0.15) is 94.0 Å². The largest absolute Gasteiger partial charge is 0.354 e. The summed E-state index contributed by atoms with van der Waals surface area (Å²) in [6, 6.07) is 11.2. The molecule has 1 aliphatic heterocycles. The highest BCUT2D eigenvalue weighted by Gasteiger charge is 2.20. The van der Waals surface area contributed by atoms with Crippen molar-refractivity contribution in [3.63, 3.8) is 0 Å². The average molecular weight is 587 g/mol. The van der Waals surface area contributed by atoms with Crippen molar-refractivity contribution in [3.8, 4) is 0 Å². The van der Waals surface area contributed by atoms with Crippen LogP contribution in [0.2, 0.25) is 0 Å². The third kappa shape index (κ3) is 11.7. The number of benzene rings is 1. The number of piperazine rings is 1. The number of aryl methyl sites for hydroxylation is 1. The smallest absolute Gasteiger partial charge is 0.296 e. The van der Waals surface area contributed by atoms with Gasteiger partial charge in [0.25, 0.3) is 16.0 Å². The van der Waals surface area contributed by atoms with Crippen molar-refractivity contribution in [2.45, 2.75) is 95.9 Å². The first-order valence-corrected chi connectivity index (χ1v) is 16.9. The van der Waals surface area contributed by atoms with E-state index < -0.39 is 10.1 Å². The number of rotatable bonds is 18. The molecule has 0 saturated carbocycles. The molecule has 1 N–H and O–H groups in total. The van der Waals surface area contributed by atoms with Gasteiger partial charge in [-0.05, 0) is 57.9 Å². The number of nitrogens with one attached hydrogen (secondary N) is 1. The molecule has 2 aromatic rings. The molecular weight excluding hydrogens is 536 g/mol. The summed E-state index contributed by atoms with van der Waals surface area (Å²) in [5.41, 5.74) is 1.64. The SMILES string of the molecule is Cc1ccc(S(=O)(=O)OCCCCCCCCCCCCNC(=O)c2ccc(N3CCN(C(C)C)CC3)nc2)cc1. The zero-order chi connectivity index (χ0) is 29.5. The molecule has 8 nitrogen and oxygen atoms in total. The molecule has 2 heterocycles. The Morgan fingerprint density at radius 2 is 1.44 bits per heavy atom. The Balaban J connectivity index is 1.13. The third-order valence-corrected chi connectivity index (χ3v) is 9.11. The van der Waals surface area contributed by atoms with Gasteiger partial charge in [0.05, 0.1) is 17.1 Å². The van der Waals surface area contributed by atoms with Gasteiger partial charge in [-0.1, -0.05) is 69.1 Å². The van der Waals surface area contributed by atoms with E-state index >= 15 is 0 Å². The number of hydrogen-bond donors (Lipinski definition) is 1. The lowest BCUT2D eigenvalue weighted by atomic mass is 10.1. The minimum absolute atomic E-state index is 0.0492. The molecule has 1 amide bonds. The van der Waals surface area contributed by atoms with E-state index in [1.54, 1.807) is 30.5 Å². The zero-order valence-electron chi connectivity index (χ0n) is 25.3. The zero-order valence-corrected chi connectivity index (χ0v) is 26.1. The molecule has 9 heteroatoms. The van der Waals surface area contributed by atoms with Gasteiger partial charge in [-0.3, -0.25) is 13.9 Å². The number of anilines is 1. The average Bonchev–Trinajstić information content (AvgIpc) is 2.97. The molecule has 1 aromatic heterocycles. The predicted octanol–water partition coefficient (Wildman–Crippen LogP) is 5.96. The lowest BCUT2D eigenvalue weighted by molar-refractivity contribution is 0.0952. The molecule has 0 unspecified atom stereocenters. The summed E-state index contributed by atoms with van der Waals surface area (Å²) in [4.78, 5) is 22.0. The molecule has 228 valence electrons. The molecule has 3 rings (SSSR count). The molecular formula is C32H50N4O4S. The van der Waals surface area contributed by atoms with Gasteiger partial charge in [0.1, 0.15) is 5.82 Å². The normalized spacial score (nSPS) is 14.5. The van der Waals surface area contributed by atoms with Gasteiger partial charge in [-0.25, -0.2) is 4.98 Å². The van der Waals surface area contributed by atoms with Crippen LogP contribution in [0.3, 0.4) is 0 Å². The van der Waals surface area contributed by atoms with E-state index in [1.807, 2.05) is 19.1 Å². The van der Waals surface area contributed by atoms with E-state index in [9.17, 15) is 13.2 Å². The standard InChI is InChI=1S/C32H50N4O4S/c1-27(2)35-21-23-36(24-22-35)31-19-16-29(26-34-31)32(37)33-20-12-10-8-6-4-5-7-9-11-13-25-40-41(38,39)30-17-14-28(3)15-18-30/h14-19,26-27H,4-13,20-25H2,1-3H3,(H,33,37). The summed E-state index contributed by atoms with van der Waals surface area (Å²) >= 11 is 0. The number of nitrogens with zero attached hydrogens (tertiary/aromatic N) is 3. The Bertz CT molecular complexity index is 1130. The van der Waals surface area contributed by atoms with Crippen molar-refractivity contribution in [1.29, 1.82) is 0 Å². The summed E-state index contributed by atoms with van der Waals surface area (Å²) in [7, 11) is -3.65. The first-order valence-electron chi connectivity index (χ1n) is 15.5. The van der Waals surface area contributed by atoms with Gasteiger partial charge >= 0.3 is 0 Å². The van der Waals surface area contributed by atoms with Crippen molar-refractivity contribution in [2.24, 2.45) is 0 Å². The maximum Gasteiger partial charge on any atom is 0.296 e. The molecule has 0 spiro atoms. The third-order valence-electron chi connectivity index (χ3n) is 7.78. The fourth-order valence-corrected chi connectivity index (χ4v) is 6.00. The fourth-order valence-electron chi connectivity index (χ4n) is 5.06. The van der Waals surface area contributed by atoms with Gasteiger partial charge in [0.2, 0.25) is 0 Å². The Hall–Kier alpha value is -2.49. The molecule has 1 aromatic carbocycles. The van der Waals surface area contributed by atoms with Gasteiger partial charge < -0.3 is 10.2 Å². The number of aromatic nitrogens is 1. The maximum absolute atomic E-state index is 12.5. The maximum atomic E-state index is 12.5. The Kier molecular flexibility index (Phi) is 14.1. The molecule has 41 heavy (non-hydrogen) atoms. The summed E-state index contributed by atoms with van der Waals surface area (Å²) in [6.45, 7) is 11.4. The molecule has 0 atom stereocenters. The van der Waals surface area contributed by atoms with Gasteiger partial charge in [0.15, 0.2) is 0 Å². The van der Waals surface area contributed by atoms with Gasteiger partial charge in [-0.2, -0.15) is 8.42 Å². The summed E-state index contributed by atoms with van der Waals surface area (Å²) in [5, 5.41) is 3.03. The predicted molar refractivity (Wildman–Crippen MR) is 166 cm³/mol. The van der Waals surface area contributed by atoms with E-state index in [2.05, 4.69) is 33.9 Å². The number of carbonyl (C=O) groups excluding carboxylic acids is 1. The van der Waals surface area contributed by atoms with Gasteiger partial charge in [-0.15, -0.1) is 0 Å². The second-order valence-corrected chi connectivity index (χ2v) is 13.0. The quantitative estimate of drug-likeness (QED) is 0.170. The second-order valence-electron chi connectivity index (χ2n) is 11.4. The van der Waals surface area contributed by atoms with Crippen molar-refractivity contribution < 1.29 is 17.4 Å². The van der Waals surface area contributed by atoms with Crippen molar-refractivity contribution >= 4 is 21.8 Å². The van der Waals surface area contributed by atoms with Crippen molar-refractivity contribution in [2.75, 3.05) is 44.2 Å². The fraction of sp³-hybridized carbons (Fsp3) is 0.625. The summed E-state index contributed by atoms with van der Waals surface area (Å²) in [5.74, 6) is 0.898. The van der Waals surface area contributed by atoms with Crippen LogP contribution < -0.4 is 10.2 Å². The van der Waals surface area contributed by atoms with Crippen LogP contribution in [0.4, 0.5) is 5.82 Å². The van der Waals surface area contributed by atoms with Crippen LogP contribution in [0.25, 0.3) is 0 Å². The molecule has 0 aliphatic carbocycles. The molecule has 1 fully saturated rings. The molecule has 0 radical (unpaired) electrons. The molecule has 1 saturated heterocycles. The van der Waals surface area contributed by atoms with E-state index in [0.29, 0.717) is 18.2 Å². The Morgan fingerprint density at radius 3 is 2.00 bits per heavy atom. The van der Waals surface area contributed by atoms with E-state index in [-0.39, 0.29) is 17.4 Å². The van der Waals surface area contributed by atoms with E-state index in [0.717, 1.165) is 69.7 Å². The van der Waals surface area contributed by atoms with Crippen LogP contribution in [0, 0.1) is 6.92 Å². The van der Waals surface area contributed by atoms with E-state index in [1.165, 1.54) is 32.1 Å². The minimum Gasteiger partial charge on any atom is -0.354 e. The van der Waals surface area contributed by atoms with E-state index in [4.69, 9.17) is 4.18 Å². The van der Waals surface area contributed by atoms with Gasteiger partial charge in [0, 0.05) is 45.0 Å². The highest BCUT2D eigenvalue weighted by Crippen LogP contribution is 2.17. The number of hydrogen-bond acceptors (Lipinski definition) is 7. The lowest BCUT2D eigenvalue weighted by Gasteiger charge is -2.37. The van der Waals surface area contributed by atoms with Crippen molar-refractivity contribution in [3.05, 3.63) is 53.7 Å². The lowest BCUT2D eigenvalue weighted by Crippen LogP contribution is -2.49. The van der Waals surface area contributed by atoms with Crippen LogP contribution in [0.15, 0.2) is 47.5 Å². The second kappa shape index (κ2) is 17.5.